The van der Waals surface area contributed by atoms with Gasteiger partial charge >= 0.3 is 0 Å². The van der Waals surface area contributed by atoms with Crippen molar-refractivity contribution in [1.29, 1.82) is 0 Å². The van der Waals surface area contributed by atoms with Crippen molar-refractivity contribution in [2.45, 2.75) is 13.0 Å². The topological polar surface area (TPSA) is 45.0 Å². The van der Waals surface area contributed by atoms with Gasteiger partial charge in [0.15, 0.2) is 5.76 Å². The van der Waals surface area contributed by atoms with Crippen LogP contribution in [0.2, 0.25) is 0 Å². The molecule has 1 aliphatic rings. The van der Waals surface area contributed by atoms with Crippen molar-refractivity contribution in [3.05, 3.63) is 78.6 Å². The molecule has 0 N–H and O–H groups in total. The second-order valence-electron chi connectivity index (χ2n) is 9.32. The zero-order valence-electron chi connectivity index (χ0n) is 20.7. The van der Waals surface area contributed by atoms with E-state index in [1.807, 2.05) is 12.1 Å². The van der Waals surface area contributed by atoms with Gasteiger partial charge in [-0.05, 0) is 61.6 Å². The molecule has 0 spiro atoms. The quantitative estimate of drug-likeness (QED) is 0.337. The molecule has 182 valence electrons. The van der Waals surface area contributed by atoms with Crippen molar-refractivity contribution in [1.82, 2.24) is 15.0 Å². The summed E-state index contributed by atoms with van der Waals surface area (Å²) in [5.74, 6) is 1.81. The van der Waals surface area contributed by atoms with Crippen LogP contribution < -0.4 is 9.64 Å². The lowest BCUT2D eigenvalue weighted by Crippen LogP contribution is -2.47. The molecule has 1 aromatic heterocycles. The number of fused-ring (bicyclic) bond motifs is 1. The number of hydrogen-bond donors (Lipinski definition) is 0. The maximum atomic E-state index is 5.69. The fraction of sp³-hybridized carbons (Fsp3) is 0.345. The Bertz CT molecular complexity index is 1220. The molecule has 0 aliphatic carbocycles. The minimum Gasteiger partial charge on any atom is -0.497 e. The Morgan fingerprint density at radius 2 is 1.71 bits per heavy atom. The van der Waals surface area contributed by atoms with E-state index in [9.17, 15) is 0 Å². The first-order valence-corrected chi connectivity index (χ1v) is 12.4. The highest BCUT2D eigenvalue weighted by molar-refractivity contribution is 5.95. The second kappa shape index (κ2) is 10.9. The van der Waals surface area contributed by atoms with Crippen LogP contribution in [0.3, 0.4) is 0 Å². The maximum absolute atomic E-state index is 5.69. The number of anilines is 1. The number of hydrogen-bond acceptors (Lipinski definition) is 6. The van der Waals surface area contributed by atoms with Gasteiger partial charge in [-0.15, -0.1) is 0 Å². The monoisotopic (exact) mass is 470 g/mol. The lowest BCUT2D eigenvalue weighted by atomic mass is 10.0. The average molecular weight is 471 g/mol. The van der Waals surface area contributed by atoms with Crippen LogP contribution in [0.1, 0.15) is 12.2 Å². The molecular formula is C29H34N4O2. The lowest BCUT2D eigenvalue weighted by molar-refractivity contribution is 0.223. The lowest BCUT2D eigenvalue weighted by Gasteiger charge is -2.36. The van der Waals surface area contributed by atoms with Gasteiger partial charge in [-0.2, -0.15) is 0 Å². The number of rotatable bonds is 9. The molecule has 2 heterocycles. The first kappa shape index (κ1) is 23.4. The summed E-state index contributed by atoms with van der Waals surface area (Å²) in [5, 5.41) is 6.79. The van der Waals surface area contributed by atoms with Crippen LogP contribution in [-0.4, -0.2) is 68.4 Å². The Morgan fingerprint density at radius 1 is 0.943 bits per heavy atom. The molecule has 6 heteroatoms. The molecule has 1 fully saturated rings. The summed E-state index contributed by atoms with van der Waals surface area (Å²) >= 11 is 0. The van der Waals surface area contributed by atoms with E-state index in [1.54, 1.807) is 7.11 Å². The van der Waals surface area contributed by atoms with E-state index in [2.05, 4.69) is 87.6 Å². The number of piperazine rings is 1. The van der Waals surface area contributed by atoms with Crippen LogP contribution in [-0.2, 0) is 6.54 Å². The van der Waals surface area contributed by atoms with Gasteiger partial charge in [-0.1, -0.05) is 47.6 Å². The molecule has 5 rings (SSSR count). The molecule has 1 saturated heterocycles. The normalized spacial score (nSPS) is 14.7. The molecule has 6 nitrogen and oxygen atoms in total. The van der Waals surface area contributed by atoms with Crippen molar-refractivity contribution in [3.8, 4) is 17.0 Å². The minimum absolute atomic E-state index is 0.767. The van der Waals surface area contributed by atoms with Crippen molar-refractivity contribution in [2.75, 3.05) is 58.3 Å². The molecule has 0 amide bonds. The standard InChI is InChI=1S/C29H34N4O2/c1-31(15-6-16-32-17-19-33(20-18-32)24-11-13-25(34-2)14-12-24)22-26-21-29(30-35-26)28-10-5-8-23-7-3-4-9-27(23)28/h3-5,7-14,21H,6,15-20,22H2,1-2H3. The summed E-state index contributed by atoms with van der Waals surface area (Å²) in [5.41, 5.74) is 3.30. The summed E-state index contributed by atoms with van der Waals surface area (Å²) in [6.45, 7) is 7.26. The zero-order valence-corrected chi connectivity index (χ0v) is 20.7. The maximum Gasteiger partial charge on any atom is 0.151 e. The minimum atomic E-state index is 0.767. The smallest absolute Gasteiger partial charge is 0.151 e. The Balaban J connectivity index is 1.07. The Morgan fingerprint density at radius 3 is 2.51 bits per heavy atom. The highest BCUT2D eigenvalue weighted by Gasteiger charge is 2.17. The van der Waals surface area contributed by atoms with E-state index in [0.29, 0.717) is 0 Å². The van der Waals surface area contributed by atoms with Crippen molar-refractivity contribution in [3.63, 3.8) is 0 Å². The van der Waals surface area contributed by atoms with Gasteiger partial charge in [0, 0.05) is 43.5 Å². The van der Waals surface area contributed by atoms with E-state index < -0.39 is 0 Å². The fourth-order valence-electron chi connectivity index (χ4n) is 4.90. The molecule has 1 aliphatic heterocycles. The zero-order chi connectivity index (χ0) is 24.0. The second-order valence-corrected chi connectivity index (χ2v) is 9.32. The van der Waals surface area contributed by atoms with Crippen LogP contribution in [0, 0.1) is 0 Å². The summed E-state index contributed by atoms with van der Waals surface area (Å²) < 4.78 is 11.0. The van der Waals surface area contributed by atoms with Crippen LogP contribution in [0.4, 0.5) is 5.69 Å². The summed E-state index contributed by atoms with van der Waals surface area (Å²) in [4.78, 5) is 7.35. The molecule has 0 atom stereocenters. The fourth-order valence-corrected chi connectivity index (χ4v) is 4.90. The predicted octanol–water partition coefficient (Wildman–Crippen LogP) is 5.15. The largest absolute Gasteiger partial charge is 0.497 e. The van der Waals surface area contributed by atoms with Crippen molar-refractivity contribution >= 4 is 16.5 Å². The first-order valence-electron chi connectivity index (χ1n) is 12.4. The third-order valence-corrected chi connectivity index (χ3v) is 6.87. The molecule has 0 bridgehead atoms. The first-order chi connectivity index (χ1) is 17.2. The Labute approximate surface area is 207 Å². The van der Waals surface area contributed by atoms with Gasteiger partial charge in [-0.3, -0.25) is 9.80 Å². The van der Waals surface area contributed by atoms with Crippen molar-refractivity contribution < 1.29 is 9.26 Å². The average Bonchev–Trinajstić information content (AvgIpc) is 3.37. The van der Waals surface area contributed by atoms with E-state index in [4.69, 9.17) is 9.26 Å². The third kappa shape index (κ3) is 5.66. The van der Waals surface area contributed by atoms with E-state index in [0.717, 1.165) is 75.0 Å². The van der Waals surface area contributed by atoms with Gasteiger partial charge in [0.2, 0.25) is 0 Å². The van der Waals surface area contributed by atoms with Crippen LogP contribution in [0.15, 0.2) is 77.3 Å². The number of ether oxygens (including phenoxy) is 1. The molecule has 0 unspecified atom stereocenters. The SMILES string of the molecule is COc1ccc(N2CCN(CCCN(C)Cc3cc(-c4cccc5ccccc45)no3)CC2)cc1. The highest BCUT2D eigenvalue weighted by atomic mass is 16.5. The molecule has 3 aromatic carbocycles. The molecular weight excluding hydrogens is 436 g/mol. The van der Waals surface area contributed by atoms with Gasteiger partial charge in [0.05, 0.1) is 13.7 Å². The van der Waals surface area contributed by atoms with Gasteiger partial charge < -0.3 is 14.2 Å². The highest BCUT2D eigenvalue weighted by Crippen LogP contribution is 2.28. The molecule has 4 aromatic rings. The van der Waals surface area contributed by atoms with Crippen LogP contribution in [0.25, 0.3) is 22.0 Å². The number of methoxy groups -OCH3 is 1. The van der Waals surface area contributed by atoms with Gasteiger partial charge in [0.25, 0.3) is 0 Å². The summed E-state index contributed by atoms with van der Waals surface area (Å²) in [6.07, 6.45) is 1.14. The Kier molecular flexibility index (Phi) is 7.31. The third-order valence-electron chi connectivity index (χ3n) is 6.87. The Hall–Kier alpha value is -3.35. The van der Waals surface area contributed by atoms with Gasteiger partial charge in [-0.25, -0.2) is 0 Å². The van der Waals surface area contributed by atoms with Gasteiger partial charge in [0.1, 0.15) is 11.4 Å². The molecule has 0 radical (unpaired) electrons. The number of nitrogens with zero attached hydrogens (tertiary/aromatic N) is 4. The molecule has 0 saturated carbocycles. The molecule has 35 heavy (non-hydrogen) atoms. The van der Waals surface area contributed by atoms with E-state index >= 15 is 0 Å². The predicted molar refractivity (Wildman–Crippen MR) is 142 cm³/mol. The summed E-state index contributed by atoms with van der Waals surface area (Å²) in [6, 6.07) is 25.2. The number of aromatic nitrogens is 1. The van der Waals surface area contributed by atoms with E-state index in [1.165, 1.54) is 16.5 Å². The number of benzene rings is 3. The van der Waals surface area contributed by atoms with Crippen LogP contribution in [0.5, 0.6) is 5.75 Å². The van der Waals surface area contributed by atoms with Crippen molar-refractivity contribution in [2.24, 2.45) is 0 Å². The van der Waals surface area contributed by atoms with Crippen LogP contribution >= 0.6 is 0 Å². The van der Waals surface area contributed by atoms with E-state index in [-0.39, 0.29) is 0 Å². The summed E-state index contributed by atoms with van der Waals surface area (Å²) in [7, 11) is 3.86.